The van der Waals surface area contributed by atoms with E-state index >= 15 is 0 Å². The van der Waals surface area contributed by atoms with Crippen molar-refractivity contribution in [1.29, 1.82) is 0 Å². The molecule has 2 aromatic rings. The molecule has 0 atom stereocenters. The highest BCUT2D eigenvalue weighted by Crippen LogP contribution is 2.15. The predicted octanol–water partition coefficient (Wildman–Crippen LogP) is 3.53. The number of aryl methyl sites for hydroxylation is 1. The van der Waals surface area contributed by atoms with Crippen molar-refractivity contribution in [2.45, 2.75) is 19.8 Å². The summed E-state index contributed by atoms with van der Waals surface area (Å²) < 4.78 is 5.46. The van der Waals surface area contributed by atoms with Gasteiger partial charge in [-0.15, -0.1) is 11.3 Å². The maximum Gasteiger partial charge on any atom is 0.210 e. The molecule has 2 rings (SSSR count). The molecule has 0 radical (unpaired) electrons. The van der Waals surface area contributed by atoms with Crippen molar-refractivity contribution in [3.8, 4) is 5.75 Å². The summed E-state index contributed by atoms with van der Waals surface area (Å²) in [4.78, 5) is 23.4. The van der Waals surface area contributed by atoms with Crippen LogP contribution < -0.4 is 4.74 Å². The molecule has 0 amide bonds. The van der Waals surface area contributed by atoms with Crippen molar-refractivity contribution in [2.24, 2.45) is 0 Å². The van der Waals surface area contributed by atoms with Gasteiger partial charge in [-0.25, -0.2) is 0 Å². The van der Waals surface area contributed by atoms with Gasteiger partial charge in [0.25, 0.3) is 0 Å². The van der Waals surface area contributed by atoms with E-state index in [-0.39, 0.29) is 18.2 Å². The molecule has 1 aromatic heterocycles. The number of ketones is 2. The van der Waals surface area contributed by atoms with Gasteiger partial charge < -0.3 is 9.53 Å². The number of carbonyl (C=O) groups is 2. The van der Waals surface area contributed by atoms with Gasteiger partial charge in [-0.1, -0.05) is 18.2 Å². The molecule has 104 valence electrons. The normalized spacial score (nSPS) is 10.2. The van der Waals surface area contributed by atoms with E-state index in [0.29, 0.717) is 17.0 Å². The second kappa shape index (κ2) is 7.01. The van der Waals surface area contributed by atoms with Crippen LogP contribution in [0.15, 0.2) is 41.8 Å². The molecular formula is C16H16O3S. The van der Waals surface area contributed by atoms with Gasteiger partial charge in [-0.3, -0.25) is 4.79 Å². The summed E-state index contributed by atoms with van der Waals surface area (Å²) in [5.41, 5.74) is 1.09. The van der Waals surface area contributed by atoms with Crippen LogP contribution in [0.25, 0.3) is 0 Å². The SMILES string of the molecule is CC(=O)CCc1ccc(OCC(=O)c2cccs2)cc1. The van der Waals surface area contributed by atoms with Gasteiger partial charge in [-0.05, 0) is 42.5 Å². The van der Waals surface area contributed by atoms with E-state index in [1.54, 1.807) is 13.0 Å². The summed E-state index contributed by atoms with van der Waals surface area (Å²) in [5.74, 6) is 0.842. The lowest BCUT2D eigenvalue weighted by Crippen LogP contribution is -2.10. The molecule has 0 bridgehead atoms. The van der Waals surface area contributed by atoms with Crippen LogP contribution in [-0.4, -0.2) is 18.2 Å². The Balaban J connectivity index is 1.84. The summed E-state index contributed by atoms with van der Waals surface area (Å²) in [5, 5.41) is 1.87. The zero-order chi connectivity index (χ0) is 14.4. The number of benzene rings is 1. The predicted molar refractivity (Wildman–Crippen MR) is 79.6 cm³/mol. The van der Waals surface area contributed by atoms with Gasteiger partial charge in [0.1, 0.15) is 11.5 Å². The molecule has 0 aliphatic carbocycles. The standard InChI is InChI=1S/C16H16O3S/c1-12(17)4-5-13-6-8-14(9-7-13)19-11-15(18)16-3-2-10-20-16/h2-3,6-10H,4-5,11H2,1H3. The summed E-state index contributed by atoms with van der Waals surface area (Å²) in [7, 11) is 0. The molecule has 3 nitrogen and oxygen atoms in total. The smallest absolute Gasteiger partial charge is 0.210 e. The molecule has 0 unspecified atom stereocenters. The zero-order valence-electron chi connectivity index (χ0n) is 11.3. The van der Waals surface area contributed by atoms with Crippen LogP contribution in [0.5, 0.6) is 5.75 Å². The number of thiophene rings is 1. The number of carbonyl (C=O) groups excluding carboxylic acids is 2. The average molecular weight is 288 g/mol. The minimum absolute atomic E-state index is 0.0133. The monoisotopic (exact) mass is 288 g/mol. The van der Waals surface area contributed by atoms with Crippen LogP contribution >= 0.6 is 11.3 Å². The van der Waals surface area contributed by atoms with E-state index in [9.17, 15) is 9.59 Å². The van der Waals surface area contributed by atoms with Crippen molar-refractivity contribution in [2.75, 3.05) is 6.61 Å². The Hall–Kier alpha value is -1.94. The van der Waals surface area contributed by atoms with Gasteiger partial charge in [0, 0.05) is 6.42 Å². The van der Waals surface area contributed by atoms with E-state index in [4.69, 9.17) is 4.74 Å². The highest BCUT2D eigenvalue weighted by Gasteiger charge is 2.07. The molecule has 0 aliphatic rings. The topological polar surface area (TPSA) is 43.4 Å². The van der Waals surface area contributed by atoms with E-state index in [1.165, 1.54) is 11.3 Å². The largest absolute Gasteiger partial charge is 0.485 e. The van der Waals surface area contributed by atoms with Gasteiger partial charge in [0.15, 0.2) is 6.61 Å². The first kappa shape index (κ1) is 14.5. The number of hydrogen-bond acceptors (Lipinski definition) is 4. The van der Waals surface area contributed by atoms with Crippen LogP contribution in [0.1, 0.15) is 28.6 Å². The van der Waals surface area contributed by atoms with Crippen molar-refractivity contribution in [3.63, 3.8) is 0 Å². The van der Waals surface area contributed by atoms with Crippen molar-refractivity contribution in [3.05, 3.63) is 52.2 Å². The molecule has 0 aliphatic heterocycles. The van der Waals surface area contributed by atoms with E-state index in [1.807, 2.05) is 35.7 Å². The lowest BCUT2D eigenvalue weighted by atomic mass is 10.1. The Kier molecular flexibility index (Phi) is 5.07. The first-order valence-electron chi connectivity index (χ1n) is 6.43. The van der Waals surface area contributed by atoms with E-state index in [2.05, 4.69) is 0 Å². The number of Topliss-reactive ketones (excluding diaryl/α,β-unsaturated/α-hetero) is 2. The third-order valence-corrected chi connectivity index (χ3v) is 3.77. The van der Waals surface area contributed by atoms with Gasteiger partial charge in [0.05, 0.1) is 4.88 Å². The fourth-order valence-electron chi connectivity index (χ4n) is 1.73. The fraction of sp³-hybridized carbons (Fsp3) is 0.250. The van der Waals surface area contributed by atoms with E-state index in [0.717, 1.165) is 12.0 Å². The highest BCUT2D eigenvalue weighted by molar-refractivity contribution is 7.12. The van der Waals surface area contributed by atoms with Gasteiger partial charge in [-0.2, -0.15) is 0 Å². The molecule has 20 heavy (non-hydrogen) atoms. The quantitative estimate of drug-likeness (QED) is 0.732. The Morgan fingerprint density at radius 1 is 1.15 bits per heavy atom. The Morgan fingerprint density at radius 2 is 1.90 bits per heavy atom. The second-order valence-corrected chi connectivity index (χ2v) is 5.48. The average Bonchev–Trinajstić information content (AvgIpc) is 2.98. The first-order chi connectivity index (χ1) is 9.65. The van der Waals surface area contributed by atoms with E-state index < -0.39 is 0 Å². The maximum atomic E-state index is 11.8. The molecule has 0 saturated carbocycles. The zero-order valence-corrected chi connectivity index (χ0v) is 12.1. The Bertz CT molecular complexity index is 570. The molecule has 0 fully saturated rings. The van der Waals surface area contributed by atoms with Gasteiger partial charge in [0.2, 0.25) is 5.78 Å². The molecular weight excluding hydrogens is 272 g/mol. The van der Waals surface area contributed by atoms with Crippen molar-refractivity contribution >= 4 is 22.9 Å². The minimum Gasteiger partial charge on any atom is -0.485 e. The van der Waals surface area contributed by atoms with Crippen molar-refractivity contribution < 1.29 is 14.3 Å². The van der Waals surface area contributed by atoms with Crippen LogP contribution in [0.2, 0.25) is 0 Å². The molecule has 0 saturated heterocycles. The number of hydrogen-bond donors (Lipinski definition) is 0. The maximum absolute atomic E-state index is 11.8. The summed E-state index contributed by atoms with van der Waals surface area (Å²) >= 11 is 1.42. The fourth-order valence-corrected chi connectivity index (χ4v) is 2.38. The van der Waals surface area contributed by atoms with Crippen LogP contribution in [0, 0.1) is 0 Å². The second-order valence-electron chi connectivity index (χ2n) is 4.54. The lowest BCUT2D eigenvalue weighted by molar-refractivity contribution is -0.116. The van der Waals surface area contributed by atoms with Gasteiger partial charge >= 0.3 is 0 Å². The minimum atomic E-state index is -0.0133. The summed E-state index contributed by atoms with van der Waals surface area (Å²) in [6, 6.07) is 11.2. The van der Waals surface area contributed by atoms with Crippen LogP contribution in [0.4, 0.5) is 0 Å². The third kappa shape index (κ3) is 4.31. The molecule has 4 heteroatoms. The van der Waals surface area contributed by atoms with Crippen molar-refractivity contribution in [1.82, 2.24) is 0 Å². The Labute approximate surface area is 122 Å². The van der Waals surface area contributed by atoms with Crippen LogP contribution in [-0.2, 0) is 11.2 Å². The third-order valence-electron chi connectivity index (χ3n) is 2.86. The molecule has 1 heterocycles. The number of ether oxygens (including phenoxy) is 1. The molecule has 0 N–H and O–H groups in total. The lowest BCUT2D eigenvalue weighted by Gasteiger charge is -2.06. The molecule has 1 aromatic carbocycles. The first-order valence-corrected chi connectivity index (χ1v) is 7.31. The molecule has 0 spiro atoms. The summed E-state index contributed by atoms with van der Waals surface area (Å²) in [6.45, 7) is 1.64. The number of rotatable bonds is 7. The highest BCUT2D eigenvalue weighted by atomic mass is 32.1. The van der Waals surface area contributed by atoms with Crippen LogP contribution in [0.3, 0.4) is 0 Å². The Morgan fingerprint density at radius 3 is 2.50 bits per heavy atom. The summed E-state index contributed by atoms with van der Waals surface area (Å²) in [6.07, 6.45) is 1.29.